The second-order valence-electron chi connectivity index (χ2n) is 5.16. The molecular weight excluding hydrogens is 324 g/mol. The summed E-state index contributed by atoms with van der Waals surface area (Å²) >= 11 is 1.59. The molecule has 0 saturated heterocycles. The minimum atomic E-state index is -0.154. The van der Waals surface area contributed by atoms with Crippen LogP contribution in [-0.2, 0) is 0 Å². The zero-order valence-electron chi connectivity index (χ0n) is 13.7. The van der Waals surface area contributed by atoms with Gasteiger partial charge in [-0.3, -0.25) is 9.59 Å². The highest BCUT2D eigenvalue weighted by atomic mass is 32.2. The molecule has 2 aromatic rings. The van der Waals surface area contributed by atoms with E-state index < -0.39 is 0 Å². The Morgan fingerprint density at radius 3 is 2.67 bits per heavy atom. The molecule has 0 unspecified atom stereocenters. The third-order valence-electron chi connectivity index (χ3n) is 3.48. The smallest absolute Gasteiger partial charge is 0.254 e. The van der Waals surface area contributed by atoms with Gasteiger partial charge >= 0.3 is 0 Å². The highest BCUT2D eigenvalue weighted by Gasteiger charge is 2.14. The minimum absolute atomic E-state index is 0.154. The van der Waals surface area contributed by atoms with Gasteiger partial charge in [-0.15, -0.1) is 11.8 Å². The summed E-state index contributed by atoms with van der Waals surface area (Å²) in [5, 5.41) is 3.13. The summed E-state index contributed by atoms with van der Waals surface area (Å²) in [6, 6.07) is 6.81. The van der Waals surface area contributed by atoms with Gasteiger partial charge in [-0.05, 0) is 18.7 Å². The zero-order valence-corrected chi connectivity index (χ0v) is 14.5. The molecule has 2 rings (SSSR count). The van der Waals surface area contributed by atoms with E-state index in [1.165, 1.54) is 0 Å². The Morgan fingerprint density at radius 2 is 2.00 bits per heavy atom. The number of carbonyl (C=O) groups is 2. The molecule has 1 aromatic carbocycles. The van der Waals surface area contributed by atoms with Crippen molar-refractivity contribution in [3.05, 3.63) is 47.8 Å². The molecule has 0 atom stereocenters. The number of anilines is 1. The molecular formula is C17H20N4O2S. The molecule has 0 aliphatic carbocycles. The SMILES string of the molecule is CSc1cnc(NCCCN(C)C(=O)c2ccccc2C=O)nc1. The third kappa shape index (κ3) is 4.79. The number of amides is 1. The van der Waals surface area contributed by atoms with Crippen LogP contribution in [0.15, 0.2) is 41.6 Å². The van der Waals surface area contributed by atoms with Crippen LogP contribution in [-0.4, -0.2) is 53.5 Å². The number of aromatic nitrogens is 2. The van der Waals surface area contributed by atoms with Gasteiger partial charge < -0.3 is 10.2 Å². The third-order valence-corrected chi connectivity index (χ3v) is 4.16. The lowest BCUT2D eigenvalue weighted by Gasteiger charge is -2.18. The van der Waals surface area contributed by atoms with Crippen molar-refractivity contribution in [1.82, 2.24) is 14.9 Å². The summed E-state index contributed by atoms with van der Waals surface area (Å²) in [5.41, 5.74) is 0.841. The number of aldehydes is 1. The van der Waals surface area contributed by atoms with Crippen LogP contribution in [0, 0.1) is 0 Å². The number of hydrogen-bond acceptors (Lipinski definition) is 6. The number of rotatable bonds is 8. The standard InChI is InChI=1S/C17H20N4O2S/c1-21(16(23)15-7-4-3-6-13(15)12-22)9-5-8-18-17-19-10-14(24-2)11-20-17/h3-4,6-7,10-12H,5,8-9H2,1-2H3,(H,18,19,20). The number of carbonyl (C=O) groups excluding carboxylic acids is 2. The summed E-state index contributed by atoms with van der Waals surface area (Å²) < 4.78 is 0. The maximum atomic E-state index is 12.4. The molecule has 0 spiro atoms. The molecule has 126 valence electrons. The van der Waals surface area contributed by atoms with E-state index in [1.807, 2.05) is 6.26 Å². The van der Waals surface area contributed by atoms with E-state index in [0.29, 0.717) is 36.5 Å². The van der Waals surface area contributed by atoms with E-state index in [4.69, 9.17) is 0 Å². The van der Waals surface area contributed by atoms with Gasteiger partial charge in [0.15, 0.2) is 6.29 Å². The van der Waals surface area contributed by atoms with Crippen LogP contribution < -0.4 is 5.32 Å². The van der Waals surface area contributed by atoms with Crippen LogP contribution in [0.25, 0.3) is 0 Å². The Labute approximate surface area is 145 Å². The molecule has 1 N–H and O–H groups in total. The molecule has 0 aliphatic rings. The fourth-order valence-electron chi connectivity index (χ4n) is 2.13. The fraction of sp³-hybridized carbons (Fsp3) is 0.294. The number of nitrogens with one attached hydrogen (secondary N) is 1. The van der Waals surface area contributed by atoms with E-state index in [-0.39, 0.29) is 5.91 Å². The summed E-state index contributed by atoms with van der Waals surface area (Å²) in [6.07, 6.45) is 6.97. The topological polar surface area (TPSA) is 75.2 Å². The van der Waals surface area contributed by atoms with Gasteiger partial charge in [0, 0.05) is 43.0 Å². The van der Waals surface area contributed by atoms with Crippen LogP contribution in [0.3, 0.4) is 0 Å². The van der Waals surface area contributed by atoms with E-state index >= 15 is 0 Å². The predicted octanol–water partition coefficient (Wildman–Crippen LogP) is 2.59. The van der Waals surface area contributed by atoms with E-state index in [9.17, 15) is 9.59 Å². The highest BCUT2D eigenvalue weighted by molar-refractivity contribution is 7.98. The van der Waals surface area contributed by atoms with Crippen LogP contribution in [0.4, 0.5) is 5.95 Å². The van der Waals surface area contributed by atoms with Crippen LogP contribution in [0.1, 0.15) is 27.1 Å². The van der Waals surface area contributed by atoms with E-state index in [1.54, 1.807) is 60.4 Å². The maximum absolute atomic E-state index is 12.4. The first-order chi connectivity index (χ1) is 11.7. The van der Waals surface area contributed by atoms with Crippen molar-refractivity contribution in [1.29, 1.82) is 0 Å². The average molecular weight is 344 g/mol. The summed E-state index contributed by atoms with van der Waals surface area (Å²) in [7, 11) is 1.73. The van der Waals surface area contributed by atoms with Crippen molar-refractivity contribution in [3.63, 3.8) is 0 Å². The first kappa shape index (κ1) is 17.9. The van der Waals surface area contributed by atoms with Crippen molar-refractivity contribution in [2.24, 2.45) is 0 Å². The molecule has 24 heavy (non-hydrogen) atoms. The van der Waals surface area contributed by atoms with Crippen molar-refractivity contribution in [3.8, 4) is 0 Å². The quantitative estimate of drug-likeness (QED) is 0.451. The Morgan fingerprint density at radius 1 is 1.29 bits per heavy atom. The van der Waals surface area contributed by atoms with Gasteiger partial charge in [0.2, 0.25) is 5.95 Å². The van der Waals surface area contributed by atoms with Crippen molar-refractivity contribution in [2.75, 3.05) is 31.7 Å². The lowest BCUT2D eigenvalue weighted by atomic mass is 10.1. The summed E-state index contributed by atoms with van der Waals surface area (Å²) in [4.78, 5) is 34.4. The van der Waals surface area contributed by atoms with Crippen molar-refractivity contribution >= 4 is 29.9 Å². The first-order valence-corrected chi connectivity index (χ1v) is 8.77. The van der Waals surface area contributed by atoms with Crippen molar-refractivity contribution in [2.45, 2.75) is 11.3 Å². The molecule has 6 nitrogen and oxygen atoms in total. The van der Waals surface area contributed by atoms with Crippen LogP contribution in [0.5, 0.6) is 0 Å². The molecule has 1 aromatic heterocycles. The van der Waals surface area contributed by atoms with Gasteiger partial charge in [0.25, 0.3) is 5.91 Å². The molecule has 1 amide bonds. The molecule has 0 saturated carbocycles. The maximum Gasteiger partial charge on any atom is 0.254 e. The van der Waals surface area contributed by atoms with Gasteiger partial charge in [0.05, 0.1) is 5.56 Å². The summed E-state index contributed by atoms with van der Waals surface area (Å²) in [6.45, 7) is 1.23. The lowest BCUT2D eigenvalue weighted by molar-refractivity contribution is 0.0791. The molecule has 0 aliphatic heterocycles. The molecule has 7 heteroatoms. The summed E-state index contributed by atoms with van der Waals surface area (Å²) in [5.74, 6) is 0.423. The first-order valence-electron chi connectivity index (χ1n) is 7.55. The Balaban J connectivity index is 1.81. The van der Waals surface area contributed by atoms with Gasteiger partial charge in [-0.25, -0.2) is 9.97 Å². The van der Waals surface area contributed by atoms with Gasteiger partial charge in [-0.1, -0.05) is 18.2 Å². The number of benzene rings is 1. The van der Waals surface area contributed by atoms with Crippen molar-refractivity contribution < 1.29 is 9.59 Å². The van der Waals surface area contributed by atoms with Crippen LogP contribution in [0.2, 0.25) is 0 Å². The highest BCUT2D eigenvalue weighted by Crippen LogP contribution is 2.12. The number of hydrogen-bond donors (Lipinski definition) is 1. The Hall–Kier alpha value is -2.41. The Kier molecular flexibility index (Phi) is 6.74. The molecule has 1 heterocycles. The van der Waals surface area contributed by atoms with E-state index in [0.717, 1.165) is 11.3 Å². The molecule has 0 bridgehead atoms. The minimum Gasteiger partial charge on any atom is -0.354 e. The largest absolute Gasteiger partial charge is 0.354 e. The average Bonchev–Trinajstić information content (AvgIpc) is 2.64. The lowest BCUT2D eigenvalue weighted by Crippen LogP contribution is -2.29. The fourth-order valence-corrected chi connectivity index (χ4v) is 2.45. The number of thioether (sulfide) groups is 1. The zero-order chi connectivity index (χ0) is 17.4. The number of nitrogens with zero attached hydrogens (tertiary/aromatic N) is 3. The molecule has 0 fully saturated rings. The second kappa shape index (κ2) is 9.02. The predicted molar refractivity (Wildman–Crippen MR) is 95.7 cm³/mol. The van der Waals surface area contributed by atoms with E-state index in [2.05, 4.69) is 15.3 Å². The normalized spacial score (nSPS) is 10.2. The van der Waals surface area contributed by atoms with Gasteiger partial charge in [-0.2, -0.15) is 0 Å². The monoisotopic (exact) mass is 344 g/mol. The second-order valence-corrected chi connectivity index (χ2v) is 6.04. The Bertz CT molecular complexity index is 691. The molecule has 0 radical (unpaired) electrons. The van der Waals surface area contributed by atoms with Gasteiger partial charge in [0.1, 0.15) is 0 Å². The van der Waals surface area contributed by atoms with Crippen LogP contribution >= 0.6 is 11.8 Å².